The summed E-state index contributed by atoms with van der Waals surface area (Å²) in [6.45, 7) is 4.95. The van der Waals surface area contributed by atoms with Gasteiger partial charge in [0.2, 0.25) is 5.91 Å². The summed E-state index contributed by atoms with van der Waals surface area (Å²) in [5.41, 5.74) is 0. The lowest BCUT2D eigenvalue weighted by Crippen LogP contribution is -2.45. The largest absolute Gasteiger partial charge is 0.466 e. The van der Waals surface area contributed by atoms with Gasteiger partial charge in [-0.3, -0.25) is 9.59 Å². The number of rotatable bonds is 68. The molecular weight excluding hydrogens is 971 g/mol. The van der Waals surface area contributed by atoms with Crippen LogP contribution in [0.25, 0.3) is 0 Å². The highest BCUT2D eigenvalue weighted by Crippen LogP contribution is 2.19. The Kier molecular flexibility index (Phi) is 67.4. The fraction of sp³-hybridized carbons (Fsp3) is 0.918. The summed E-state index contributed by atoms with van der Waals surface area (Å²) in [6.07, 6.45) is 86.9. The zero-order valence-corrected chi connectivity index (χ0v) is 53.6. The van der Waals surface area contributed by atoms with E-state index in [0.717, 1.165) is 38.5 Å². The van der Waals surface area contributed by atoms with Crippen molar-refractivity contribution in [3.05, 3.63) is 24.3 Å². The molecule has 0 radical (unpaired) electrons. The van der Waals surface area contributed by atoms with Crippen molar-refractivity contribution in [3.63, 3.8) is 0 Å². The predicted molar refractivity (Wildman–Crippen MR) is 347 cm³/mol. The molecule has 6 heteroatoms. The second-order valence-electron chi connectivity index (χ2n) is 24.9. The quantitative estimate of drug-likeness (QED) is 0.0320. The number of amides is 1. The Morgan fingerprint density at radius 2 is 0.595 bits per heavy atom. The first-order chi connectivity index (χ1) is 39.0. The molecule has 3 N–H and O–H groups in total. The summed E-state index contributed by atoms with van der Waals surface area (Å²) < 4.78 is 5.49. The van der Waals surface area contributed by atoms with Gasteiger partial charge in [0.05, 0.1) is 25.4 Å². The SMILES string of the molecule is CCCCCCCCCCCCCCCCCCCCCCC/C=C/C(O)C(CO)NC(=O)CCCCCCCCCCCC/C=C\CCCCCCCCCCCCCCOC(=O)CCCCCCCCCCCCCCC. The van der Waals surface area contributed by atoms with Gasteiger partial charge in [-0.25, -0.2) is 0 Å². The molecule has 0 heterocycles. The molecular formula is C73H141NO5. The van der Waals surface area contributed by atoms with E-state index in [1.54, 1.807) is 6.08 Å². The van der Waals surface area contributed by atoms with Crippen LogP contribution in [0.1, 0.15) is 406 Å². The maximum atomic E-state index is 12.5. The summed E-state index contributed by atoms with van der Waals surface area (Å²) in [5, 5.41) is 23.3. The van der Waals surface area contributed by atoms with Crippen LogP contribution in [-0.4, -0.2) is 47.4 Å². The number of nitrogens with one attached hydrogen (secondary N) is 1. The van der Waals surface area contributed by atoms with Crippen molar-refractivity contribution in [2.24, 2.45) is 0 Å². The van der Waals surface area contributed by atoms with Crippen molar-refractivity contribution in [1.29, 1.82) is 0 Å². The highest BCUT2D eigenvalue weighted by atomic mass is 16.5. The van der Waals surface area contributed by atoms with Crippen LogP contribution < -0.4 is 5.32 Å². The molecule has 0 aliphatic rings. The number of hydrogen-bond donors (Lipinski definition) is 3. The number of hydrogen-bond acceptors (Lipinski definition) is 5. The molecule has 0 aromatic rings. The highest BCUT2D eigenvalue weighted by Gasteiger charge is 2.18. The minimum absolute atomic E-state index is 0.0163. The Balaban J connectivity index is 3.41. The van der Waals surface area contributed by atoms with Crippen LogP contribution in [0.2, 0.25) is 0 Å². The van der Waals surface area contributed by atoms with Gasteiger partial charge in [0.1, 0.15) is 0 Å². The Morgan fingerprint density at radius 1 is 0.342 bits per heavy atom. The van der Waals surface area contributed by atoms with Gasteiger partial charge in [-0.05, 0) is 57.8 Å². The van der Waals surface area contributed by atoms with Gasteiger partial charge in [0.25, 0.3) is 0 Å². The summed E-state index contributed by atoms with van der Waals surface area (Å²) in [4.78, 5) is 24.6. The van der Waals surface area contributed by atoms with E-state index in [0.29, 0.717) is 19.4 Å². The van der Waals surface area contributed by atoms with Gasteiger partial charge in [-0.15, -0.1) is 0 Å². The van der Waals surface area contributed by atoms with Crippen LogP contribution in [0.15, 0.2) is 24.3 Å². The van der Waals surface area contributed by atoms with Gasteiger partial charge >= 0.3 is 5.97 Å². The van der Waals surface area contributed by atoms with E-state index in [1.165, 1.54) is 340 Å². The number of aliphatic hydroxyl groups is 2. The maximum Gasteiger partial charge on any atom is 0.305 e. The predicted octanol–water partition coefficient (Wildman–Crippen LogP) is 23.3. The molecule has 0 saturated heterocycles. The van der Waals surface area contributed by atoms with Gasteiger partial charge in [0, 0.05) is 12.8 Å². The smallest absolute Gasteiger partial charge is 0.305 e. The minimum atomic E-state index is -0.847. The van der Waals surface area contributed by atoms with Crippen LogP contribution in [0.5, 0.6) is 0 Å². The van der Waals surface area contributed by atoms with Crippen LogP contribution in [0.3, 0.4) is 0 Å². The van der Waals surface area contributed by atoms with Gasteiger partial charge in [0.15, 0.2) is 0 Å². The van der Waals surface area contributed by atoms with Crippen molar-refractivity contribution >= 4 is 11.9 Å². The van der Waals surface area contributed by atoms with Gasteiger partial charge in [-0.1, -0.05) is 359 Å². The van der Waals surface area contributed by atoms with Gasteiger partial charge in [-0.2, -0.15) is 0 Å². The molecule has 0 rings (SSSR count). The first-order valence-electron chi connectivity index (χ1n) is 36.1. The lowest BCUT2D eigenvalue weighted by atomic mass is 10.0. The van der Waals surface area contributed by atoms with Crippen molar-refractivity contribution in [2.75, 3.05) is 13.2 Å². The molecule has 0 aromatic heterocycles. The summed E-state index contributed by atoms with van der Waals surface area (Å²) in [7, 11) is 0. The van der Waals surface area contributed by atoms with Gasteiger partial charge < -0.3 is 20.3 Å². The lowest BCUT2D eigenvalue weighted by Gasteiger charge is -2.20. The molecule has 0 aliphatic carbocycles. The van der Waals surface area contributed by atoms with Crippen molar-refractivity contribution in [1.82, 2.24) is 5.32 Å². The number of ether oxygens (including phenoxy) is 1. The fourth-order valence-corrected chi connectivity index (χ4v) is 11.5. The van der Waals surface area contributed by atoms with Crippen LogP contribution in [-0.2, 0) is 14.3 Å². The molecule has 2 atom stereocenters. The highest BCUT2D eigenvalue weighted by molar-refractivity contribution is 5.76. The third-order valence-electron chi connectivity index (χ3n) is 17.0. The third-order valence-corrected chi connectivity index (χ3v) is 17.0. The molecule has 0 aromatic carbocycles. The molecule has 2 unspecified atom stereocenters. The fourth-order valence-electron chi connectivity index (χ4n) is 11.5. The number of allylic oxidation sites excluding steroid dienone is 3. The molecule has 0 bridgehead atoms. The molecule has 0 saturated carbocycles. The Morgan fingerprint density at radius 3 is 0.899 bits per heavy atom. The molecule has 1 amide bonds. The molecule has 79 heavy (non-hydrogen) atoms. The minimum Gasteiger partial charge on any atom is -0.466 e. The third kappa shape index (κ3) is 65.4. The van der Waals surface area contributed by atoms with E-state index in [-0.39, 0.29) is 18.5 Å². The van der Waals surface area contributed by atoms with Crippen LogP contribution >= 0.6 is 0 Å². The van der Waals surface area contributed by atoms with E-state index in [2.05, 4.69) is 31.3 Å². The summed E-state index contributed by atoms with van der Waals surface area (Å²) in [6, 6.07) is -0.630. The second-order valence-corrected chi connectivity index (χ2v) is 24.9. The molecule has 0 spiro atoms. The monoisotopic (exact) mass is 1110 g/mol. The first-order valence-corrected chi connectivity index (χ1v) is 36.1. The van der Waals surface area contributed by atoms with E-state index in [1.807, 2.05) is 6.08 Å². The lowest BCUT2D eigenvalue weighted by molar-refractivity contribution is -0.143. The zero-order valence-electron chi connectivity index (χ0n) is 53.6. The first kappa shape index (κ1) is 77.3. The average Bonchev–Trinajstić information content (AvgIpc) is 3.45. The number of esters is 1. The Labute approximate surface area is 494 Å². The van der Waals surface area contributed by atoms with Crippen molar-refractivity contribution in [3.8, 4) is 0 Å². The summed E-state index contributed by atoms with van der Waals surface area (Å²) in [5.74, 6) is -0.0491. The average molecular weight is 1110 g/mol. The number of aliphatic hydroxyl groups excluding tert-OH is 2. The topological polar surface area (TPSA) is 95.9 Å². The standard InChI is InChI=1S/C73H141NO5/c1-3-5-7-9-11-13-15-17-18-19-20-21-26-29-32-35-38-42-45-49-53-57-61-65-71(76)70(69-75)74-72(77)66-62-58-54-50-46-43-39-36-33-30-27-24-22-23-25-28-31-34-37-40-44-48-52-56-60-64-68-79-73(78)67-63-59-55-51-47-41-16-14-12-10-8-6-4-2/h22,24,61,65,70-71,75-76H,3-21,23,25-60,62-64,66-69H2,1-2H3,(H,74,77)/b24-22-,65-61+. The summed E-state index contributed by atoms with van der Waals surface area (Å²) >= 11 is 0. The Hall–Kier alpha value is -1.66. The zero-order chi connectivity index (χ0) is 57.1. The van der Waals surface area contributed by atoms with Crippen molar-refractivity contribution < 1.29 is 24.5 Å². The van der Waals surface area contributed by atoms with E-state index in [9.17, 15) is 19.8 Å². The number of carbonyl (C=O) groups is 2. The van der Waals surface area contributed by atoms with E-state index >= 15 is 0 Å². The van der Waals surface area contributed by atoms with Crippen molar-refractivity contribution in [2.45, 2.75) is 418 Å². The van der Waals surface area contributed by atoms with E-state index in [4.69, 9.17) is 4.74 Å². The van der Waals surface area contributed by atoms with Crippen LogP contribution in [0, 0.1) is 0 Å². The molecule has 0 fully saturated rings. The van der Waals surface area contributed by atoms with Crippen LogP contribution in [0.4, 0.5) is 0 Å². The normalized spacial score (nSPS) is 12.6. The maximum absolute atomic E-state index is 12.5. The Bertz CT molecular complexity index is 1230. The number of carbonyl (C=O) groups excluding carboxylic acids is 2. The molecule has 468 valence electrons. The second kappa shape index (κ2) is 68.8. The van der Waals surface area contributed by atoms with E-state index < -0.39 is 12.1 Å². The number of unbranched alkanes of at least 4 members (excludes halogenated alkanes) is 55. The molecule has 6 nitrogen and oxygen atoms in total. The molecule has 0 aliphatic heterocycles.